The number of hydrogen-bond donors (Lipinski definition) is 0. The summed E-state index contributed by atoms with van der Waals surface area (Å²) in [7, 11) is -3.54. The standard InChI is InChI=1S/C20H24N2O4S/c1-16(17-5-3-2-4-6-17)21-9-11-22(12-10-21)27(23,24)18-7-8-19-20(15-18)26-14-13-25-19/h2-8,15-16H,9-14H2,1H3/t16-/m0/s1. The average Bonchev–Trinajstić information content (AvgIpc) is 2.73. The highest BCUT2D eigenvalue weighted by Gasteiger charge is 2.31. The summed E-state index contributed by atoms with van der Waals surface area (Å²) in [6.45, 7) is 5.47. The second-order valence-electron chi connectivity index (χ2n) is 6.83. The lowest BCUT2D eigenvalue weighted by Gasteiger charge is -2.37. The maximum atomic E-state index is 13.0. The molecule has 2 heterocycles. The van der Waals surface area contributed by atoms with Gasteiger partial charge >= 0.3 is 0 Å². The maximum absolute atomic E-state index is 13.0. The molecule has 0 bridgehead atoms. The molecule has 2 aromatic carbocycles. The van der Waals surface area contributed by atoms with E-state index in [1.165, 1.54) is 5.56 Å². The minimum Gasteiger partial charge on any atom is -0.486 e. The van der Waals surface area contributed by atoms with E-state index >= 15 is 0 Å². The molecule has 0 aromatic heterocycles. The minimum absolute atomic E-state index is 0.260. The summed E-state index contributed by atoms with van der Waals surface area (Å²) in [6, 6.07) is 15.4. The van der Waals surface area contributed by atoms with Gasteiger partial charge in [-0.05, 0) is 24.6 Å². The summed E-state index contributed by atoms with van der Waals surface area (Å²) in [5.41, 5.74) is 1.25. The Labute approximate surface area is 160 Å². The molecule has 0 saturated carbocycles. The van der Waals surface area contributed by atoms with Gasteiger partial charge in [-0.25, -0.2) is 8.42 Å². The summed E-state index contributed by atoms with van der Waals surface area (Å²) in [5.74, 6) is 1.10. The quantitative estimate of drug-likeness (QED) is 0.806. The van der Waals surface area contributed by atoms with Crippen LogP contribution in [-0.4, -0.2) is 57.0 Å². The van der Waals surface area contributed by atoms with Gasteiger partial charge in [0.1, 0.15) is 13.2 Å². The molecule has 1 atom stereocenters. The van der Waals surface area contributed by atoms with Gasteiger partial charge in [-0.15, -0.1) is 0 Å². The molecule has 6 nitrogen and oxygen atoms in total. The number of hydrogen-bond acceptors (Lipinski definition) is 5. The van der Waals surface area contributed by atoms with Gasteiger partial charge in [0.15, 0.2) is 11.5 Å². The summed E-state index contributed by atoms with van der Waals surface area (Å²) in [5, 5.41) is 0. The van der Waals surface area contributed by atoms with Crippen LogP contribution in [0.25, 0.3) is 0 Å². The largest absolute Gasteiger partial charge is 0.486 e. The first-order valence-electron chi connectivity index (χ1n) is 9.24. The molecule has 1 saturated heterocycles. The lowest BCUT2D eigenvalue weighted by Crippen LogP contribution is -2.49. The predicted octanol–water partition coefficient (Wildman–Crippen LogP) is 2.53. The van der Waals surface area contributed by atoms with Crippen LogP contribution in [0.4, 0.5) is 0 Å². The van der Waals surface area contributed by atoms with Crippen LogP contribution < -0.4 is 9.47 Å². The molecule has 0 radical (unpaired) electrons. The zero-order chi connectivity index (χ0) is 18.9. The summed E-state index contributed by atoms with van der Waals surface area (Å²) >= 11 is 0. The molecule has 2 aliphatic rings. The van der Waals surface area contributed by atoms with Crippen molar-refractivity contribution >= 4 is 10.0 Å². The first-order chi connectivity index (χ1) is 13.1. The van der Waals surface area contributed by atoms with E-state index < -0.39 is 10.0 Å². The number of rotatable bonds is 4. The van der Waals surface area contributed by atoms with Crippen LogP contribution >= 0.6 is 0 Å². The van der Waals surface area contributed by atoms with Gasteiger partial charge in [0, 0.05) is 38.3 Å². The molecular formula is C20H24N2O4S. The predicted molar refractivity (Wildman–Crippen MR) is 103 cm³/mol. The van der Waals surface area contributed by atoms with Crippen LogP contribution in [0.15, 0.2) is 53.4 Å². The van der Waals surface area contributed by atoms with Gasteiger partial charge in [0.05, 0.1) is 4.90 Å². The Balaban J connectivity index is 1.46. The molecule has 2 aliphatic heterocycles. The number of benzene rings is 2. The second-order valence-corrected chi connectivity index (χ2v) is 8.77. The van der Waals surface area contributed by atoms with Crippen LogP contribution in [0.5, 0.6) is 11.5 Å². The first kappa shape index (κ1) is 18.3. The van der Waals surface area contributed by atoms with Crippen molar-refractivity contribution in [1.82, 2.24) is 9.21 Å². The molecule has 0 amide bonds. The third-order valence-corrected chi connectivity index (χ3v) is 7.15. The number of nitrogens with zero attached hydrogens (tertiary/aromatic N) is 2. The van der Waals surface area contributed by atoms with Gasteiger partial charge in [-0.2, -0.15) is 4.31 Å². The zero-order valence-corrected chi connectivity index (χ0v) is 16.2. The smallest absolute Gasteiger partial charge is 0.243 e. The fraction of sp³-hybridized carbons (Fsp3) is 0.400. The lowest BCUT2D eigenvalue weighted by molar-refractivity contribution is 0.145. The third-order valence-electron chi connectivity index (χ3n) is 5.25. The fourth-order valence-electron chi connectivity index (χ4n) is 3.61. The number of sulfonamides is 1. The van der Waals surface area contributed by atoms with E-state index in [0.29, 0.717) is 50.9 Å². The van der Waals surface area contributed by atoms with Crippen LogP contribution in [0.3, 0.4) is 0 Å². The number of piperazine rings is 1. The normalized spacial score (nSPS) is 19.6. The molecule has 0 spiro atoms. The summed E-state index contributed by atoms with van der Waals surface area (Å²) in [6.07, 6.45) is 0. The van der Waals surface area contributed by atoms with E-state index in [2.05, 4.69) is 24.0 Å². The SMILES string of the molecule is C[C@@H](c1ccccc1)N1CCN(S(=O)(=O)c2ccc3c(c2)OCCO3)CC1. The van der Waals surface area contributed by atoms with Crippen LogP contribution in [0, 0.1) is 0 Å². The highest BCUT2D eigenvalue weighted by Crippen LogP contribution is 2.33. The van der Waals surface area contributed by atoms with Crippen molar-refractivity contribution in [1.29, 1.82) is 0 Å². The molecule has 0 unspecified atom stereocenters. The van der Waals surface area contributed by atoms with Crippen LogP contribution in [0.1, 0.15) is 18.5 Å². The van der Waals surface area contributed by atoms with Crippen molar-refractivity contribution in [3.63, 3.8) is 0 Å². The van der Waals surface area contributed by atoms with E-state index in [0.717, 1.165) is 0 Å². The topological polar surface area (TPSA) is 59.1 Å². The number of fused-ring (bicyclic) bond motifs is 1. The highest BCUT2D eigenvalue weighted by atomic mass is 32.2. The Morgan fingerprint density at radius 2 is 1.56 bits per heavy atom. The molecule has 0 aliphatic carbocycles. The molecule has 4 rings (SSSR count). The van der Waals surface area contributed by atoms with E-state index in [9.17, 15) is 8.42 Å². The van der Waals surface area contributed by atoms with Crippen molar-refractivity contribution in [2.24, 2.45) is 0 Å². The second kappa shape index (κ2) is 7.50. The summed E-state index contributed by atoms with van der Waals surface area (Å²) in [4.78, 5) is 2.59. The lowest BCUT2D eigenvalue weighted by atomic mass is 10.1. The van der Waals surface area contributed by atoms with Crippen molar-refractivity contribution in [2.45, 2.75) is 17.9 Å². The van der Waals surface area contributed by atoms with E-state index in [1.807, 2.05) is 18.2 Å². The van der Waals surface area contributed by atoms with Gasteiger partial charge in [-0.3, -0.25) is 4.90 Å². The monoisotopic (exact) mass is 388 g/mol. The Kier molecular flexibility index (Phi) is 5.08. The van der Waals surface area contributed by atoms with Crippen LogP contribution in [-0.2, 0) is 10.0 Å². The Bertz CT molecular complexity index is 893. The maximum Gasteiger partial charge on any atom is 0.243 e. The van der Waals surface area contributed by atoms with Gasteiger partial charge < -0.3 is 9.47 Å². The van der Waals surface area contributed by atoms with Crippen molar-refractivity contribution in [3.05, 3.63) is 54.1 Å². The summed E-state index contributed by atoms with van der Waals surface area (Å²) < 4.78 is 38.6. The fourth-order valence-corrected chi connectivity index (χ4v) is 5.04. The Morgan fingerprint density at radius 1 is 0.889 bits per heavy atom. The molecule has 27 heavy (non-hydrogen) atoms. The number of ether oxygens (including phenoxy) is 2. The van der Waals surface area contributed by atoms with E-state index in [-0.39, 0.29) is 10.9 Å². The van der Waals surface area contributed by atoms with Crippen LogP contribution in [0.2, 0.25) is 0 Å². The first-order valence-corrected chi connectivity index (χ1v) is 10.7. The van der Waals surface area contributed by atoms with Gasteiger partial charge in [0.2, 0.25) is 10.0 Å². The van der Waals surface area contributed by atoms with Crippen molar-refractivity contribution in [2.75, 3.05) is 39.4 Å². The minimum atomic E-state index is -3.54. The Hall–Kier alpha value is -2.09. The average molecular weight is 388 g/mol. The molecular weight excluding hydrogens is 364 g/mol. The molecule has 7 heteroatoms. The Morgan fingerprint density at radius 3 is 2.26 bits per heavy atom. The highest BCUT2D eigenvalue weighted by molar-refractivity contribution is 7.89. The molecule has 144 valence electrons. The van der Waals surface area contributed by atoms with E-state index in [4.69, 9.17) is 9.47 Å². The molecule has 2 aromatic rings. The van der Waals surface area contributed by atoms with Gasteiger partial charge in [-0.1, -0.05) is 30.3 Å². The molecule has 1 fully saturated rings. The van der Waals surface area contributed by atoms with Gasteiger partial charge in [0.25, 0.3) is 0 Å². The molecule has 0 N–H and O–H groups in total. The zero-order valence-electron chi connectivity index (χ0n) is 15.4. The third kappa shape index (κ3) is 3.67. The van der Waals surface area contributed by atoms with Crippen molar-refractivity contribution < 1.29 is 17.9 Å². The van der Waals surface area contributed by atoms with Crippen molar-refractivity contribution in [3.8, 4) is 11.5 Å². The van der Waals surface area contributed by atoms with E-state index in [1.54, 1.807) is 22.5 Å².